The molecule has 0 fully saturated rings. The summed E-state index contributed by atoms with van der Waals surface area (Å²) in [6.45, 7) is -0.00207. The largest absolute Gasteiger partial charge is 0.378 e. The molecule has 0 heterocycles. The Bertz CT molecular complexity index is 648. The van der Waals surface area contributed by atoms with Crippen LogP contribution in [-0.4, -0.2) is 0 Å². The molecule has 0 aromatic heterocycles. The Morgan fingerprint density at radius 3 is 2.47 bits per heavy atom. The maximum absolute atomic E-state index is 13.6. The van der Waals surface area contributed by atoms with Crippen LogP contribution in [0.25, 0.3) is 0 Å². The highest BCUT2D eigenvalue weighted by atomic mass is 19.1. The van der Waals surface area contributed by atoms with E-state index in [9.17, 15) is 13.2 Å². The van der Waals surface area contributed by atoms with Crippen molar-refractivity contribution in [3.05, 3.63) is 65.0 Å². The maximum atomic E-state index is 13.6. The summed E-state index contributed by atoms with van der Waals surface area (Å²) in [5.41, 5.74) is 0.435. The zero-order chi connectivity index (χ0) is 13.8. The maximum Gasteiger partial charge on any atom is 0.146 e. The summed E-state index contributed by atoms with van der Waals surface area (Å²) < 4.78 is 39.8. The van der Waals surface area contributed by atoms with Crippen LogP contribution >= 0.6 is 0 Å². The van der Waals surface area contributed by atoms with Crippen molar-refractivity contribution in [1.82, 2.24) is 0 Å². The highest BCUT2D eigenvalue weighted by Crippen LogP contribution is 2.17. The van der Waals surface area contributed by atoms with E-state index in [1.54, 1.807) is 0 Å². The molecule has 2 aromatic carbocycles. The van der Waals surface area contributed by atoms with Crippen LogP contribution < -0.4 is 5.32 Å². The van der Waals surface area contributed by atoms with Crippen molar-refractivity contribution in [2.24, 2.45) is 0 Å². The first kappa shape index (κ1) is 13.0. The zero-order valence-electron chi connectivity index (χ0n) is 9.75. The Hall–Kier alpha value is -2.48. The van der Waals surface area contributed by atoms with Gasteiger partial charge >= 0.3 is 0 Å². The molecule has 0 aliphatic heterocycles. The molecule has 0 bridgehead atoms. The van der Waals surface area contributed by atoms with Crippen molar-refractivity contribution in [2.45, 2.75) is 6.54 Å². The topological polar surface area (TPSA) is 35.8 Å². The molecule has 0 saturated heterocycles. The van der Waals surface area contributed by atoms with E-state index in [-0.39, 0.29) is 23.4 Å². The Labute approximate surface area is 108 Å². The first-order valence-electron chi connectivity index (χ1n) is 5.47. The van der Waals surface area contributed by atoms with Crippen molar-refractivity contribution in [3.8, 4) is 6.07 Å². The summed E-state index contributed by atoms with van der Waals surface area (Å²) in [5, 5.41) is 11.2. The van der Waals surface area contributed by atoms with Gasteiger partial charge in [0.15, 0.2) is 0 Å². The van der Waals surface area contributed by atoms with Crippen molar-refractivity contribution in [2.75, 3.05) is 5.32 Å². The predicted octanol–water partition coefficient (Wildman–Crippen LogP) is 3.59. The number of benzene rings is 2. The van der Waals surface area contributed by atoms with Gasteiger partial charge in [-0.1, -0.05) is 6.07 Å². The molecule has 2 rings (SSSR count). The number of nitrogens with zero attached hydrogens (tertiary/aromatic N) is 1. The Balaban J connectivity index is 2.15. The molecular formula is C14H9F3N2. The van der Waals surface area contributed by atoms with Gasteiger partial charge in [-0.3, -0.25) is 0 Å². The first-order chi connectivity index (χ1) is 9.10. The fraction of sp³-hybridized carbons (Fsp3) is 0.0714. The predicted molar refractivity (Wildman–Crippen MR) is 64.8 cm³/mol. The Morgan fingerprint density at radius 1 is 1.00 bits per heavy atom. The monoisotopic (exact) mass is 262 g/mol. The molecule has 0 radical (unpaired) electrons. The molecule has 0 saturated carbocycles. The summed E-state index contributed by atoms with van der Waals surface area (Å²) in [4.78, 5) is 0. The van der Waals surface area contributed by atoms with Crippen LogP contribution in [0, 0.1) is 28.8 Å². The summed E-state index contributed by atoms with van der Waals surface area (Å²) in [7, 11) is 0. The van der Waals surface area contributed by atoms with E-state index in [1.165, 1.54) is 12.1 Å². The van der Waals surface area contributed by atoms with Gasteiger partial charge in [-0.2, -0.15) is 5.26 Å². The zero-order valence-corrected chi connectivity index (χ0v) is 9.75. The number of anilines is 1. The third kappa shape index (κ3) is 3.05. The fourth-order valence-corrected chi connectivity index (χ4v) is 1.58. The lowest BCUT2D eigenvalue weighted by atomic mass is 10.1. The van der Waals surface area contributed by atoms with Crippen LogP contribution in [0.4, 0.5) is 18.9 Å². The van der Waals surface area contributed by atoms with E-state index in [2.05, 4.69) is 5.32 Å². The van der Waals surface area contributed by atoms with Crippen LogP contribution in [0.15, 0.2) is 36.4 Å². The van der Waals surface area contributed by atoms with Gasteiger partial charge in [0.2, 0.25) is 0 Å². The van der Waals surface area contributed by atoms with Crippen molar-refractivity contribution >= 4 is 5.69 Å². The molecular weight excluding hydrogens is 253 g/mol. The molecule has 0 atom stereocenters. The number of halogens is 3. The molecule has 96 valence electrons. The van der Waals surface area contributed by atoms with Crippen LogP contribution in [0.2, 0.25) is 0 Å². The molecule has 19 heavy (non-hydrogen) atoms. The van der Waals surface area contributed by atoms with Crippen molar-refractivity contribution in [3.63, 3.8) is 0 Å². The molecule has 2 nitrogen and oxygen atoms in total. The molecule has 0 amide bonds. The van der Waals surface area contributed by atoms with E-state index in [4.69, 9.17) is 5.26 Å². The van der Waals surface area contributed by atoms with Crippen LogP contribution in [0.1, 0.15) is 11.1 Å². The molecule has 0 unspecified atom stereocenters. The highest BCUT2D eigenvalue weighted by Gasteiger charge is 2.06. The second-order valence-electron chi connectivity index (χ2n) is 3.90. The third-order valence-electron chi connectivity index (χ3n) is 2.58. The number of hydrogen-bond donors (Lipinski definition) is 1. The smallest absolute Gasteiger partial charge is 0.146 e. The lowest BCUT2D eigenvalue weighted by Gasteiger charge is -2.08. The van der Waals surface area contributed by atoms with Gasteiger partial charge in [0.1, 0.15) is 17.5 Å². The fourth-order valence-electron chi connectivity index (χ4n) is 1.58. The lowest BCUT2D eigenvalue weighted by Crippen LogP contribution is -2.04. The van der Waals surface area contributed by atoms with Crippen LogP contribution in [-0.2, 0) is 6.54 Å². The lowest BCUT2D eigenvalue weighted by molar-refractivity contribution is 0.599. The quantitative estimate of drug-likeness (QED) is 0.917. The Kier molecular flexibility index (Phi) is 3.71. The van der Waals surface area contributed by atoms with Gasteiger partial charge in [0.25, 0.3) is 0 Å². The second kappa shape index (κ2) is 5.44. The van der Waals surface area contributed by atoms with Gasteiger partial charge in [-0.25, -0.2) is 13.2 Å². The van der Waals surface area contributed by atoms with E-state index in [0.717, 1.165) is 24.3 Å². The SMILES string of the molecule is N#Cc1ccc(CNc2cc(F)ccc2F)c(F)c1. The minimum absolute atomic E-state index is 0.00207. The normalized spacial score (nSPS) is 10.0. The average molecular weight is 262 g/mol. The number of hydrogen-bond acceptors (Lipinski definition) is 2. The van der Waals surface area contributed by atoms with Crippen molar-refractivity contribution in [1.29, 1.82) is 5.26 Å². The molecule has 2 aromatic rings. The standard InChI is InChI=1S/C14H9F3N2/c15-11-3-4-12(16)14(6-11)19-8-10-2-1-9(7-18)5-13(10)17/h1-6,19H,8H2. The van der Waals surface area contributed by atoms with E-state index >= 15 is 0 Å². The summed E-state index contributed by atoms with van der Waals surface area (Å²) >= 11 is 0. The molecule has 1 N–H and O–H groups in total. The van der Waals surface area contributed by atoms with Gasteiger partial charge in [-0.05, 0) is 30.3 Å². The van der Waals surface area contributed by atoms with Crippen LogP contribution in [0.3, 0.4) is 0 Å². The highest BCUT2D eigenvalue weighted by molar-refractivity contribution is 5.46. The van der Waals surface area contributed by atoms with E-state index < -0.39 is 17.5 Å². The van der Waals surface area contributed by atoms with Gasteiger partial charge in [0, 0.05) is 12.1 Å². The first-order valence-corrected chi connectivity index (χ1v) is 5.47. The summed E-state index contributed by atoms with van der Waals surface area (Å²) in [6.07, 6.45) is 0. The number of nitriles is 1. The Morgan fingerprint density at radius 2 is 1.79 bits per heavy atom. The minimum atomic E-state index is -0.615. The van der Waals surface area contributed by atoms with Crippen LogP contribution in [0.5, 0.6) is 0 Å². The molecule has 0 spiro atoms. The van der Waals surface area contributed by atoms with E-state index in [1.807, 2.05) is 6.07 Å². The number of nitrogens with one attached hydrogen (secondary N) is 1. The molecule has 0 aliphatic rings. The van der Waals surface area contributed by atoms with Gasteiger partial charge in [0.05, 0.1) is 17.3 Å². The summed E-state index contributed by atoms with van der Waals surface area (Å²) in [6, 6.07) is 8.79. The number of rotatable bonds is 3. The molecule has 0 aliphatic carbocycles. The summed E-state index contributed by atoms with van der Waals surface area (Å²) in [5.74, 6) is -1.76. The van der Waals surface area contributed by atoms with Gasteiger partial charge < -0.3 is 5.32 Å². The molecule has 5 heteroatoms. The second-order valence-corrected chi connectivity index (χ2v) is 3.90. The average Bonchev–Trinajstić information content (AvgIpc) is 2.40. The van der Waals surface area contributed by atoms with E-state index in [0.29, 0.717) is 0 Å². The van der Waals surface area contributed by atoms with Gasteiger partial charge in [-0.15, -0.1) is 0 Å². The van der Waals surface area contributed by atoms with Crippen molar-refractivity contribution < 1.29 is 13.2 Å². The minimum Gasteiger partial charge on any atom is -0.378 e. The third-order valence-corrected chi connectivity index (χ3v) is 2.58.